The molecule has 0 radical (unpaired) electrons. The van der Waals surface area contributed by atoms with Gasteiger partial charge in [-0.25, -0.2) is 0 Å². The quantitative estimate of drug-likeness (QED) is 0.742. The van der Waals surface area contributed by atoms with Crippen LogP contribution in [-0.2, 0) is 6.42 Å². The average molecular weight is 286 g/mol. The molecular weight excluding hydrogens is 270 g/mol. The van der Waals surface area contributed by atoms with E-state index in [1.807, 2.05) is 18.2 Å². The van der Waals surface area contributed by atoms with E-state index < -0.39 is 0 Å². The Kier molecular flexibility index (Phi) is 5.03. The molecule has 20 heavy (non-hydrogen) atoms. The van der Waals surface area contributed by atoms with Crippen molar-refractivity contribution < 1.29 is 4.74 Å². The van der Waals surface area contributed by atoms with E-state index in [9.17, 15) is 0 Å². The molecule has 0 unspecified atom stereocenters. The van der Waals surface area contributed by atoms with Crippen molar-refractivity contribution in [3.05, 3.63) is 58.6 Å². The van der Waals surface area contributed by atoms with E-state index in [4.69, 9.17) is 21.6 Å². The van der Waals surface area contributed by atoms with Gasteiger partial charge in [0.1, 0.15) is 11.5 Å². The van der Waals surface area contributed by atoms with Gasteiger partial charge in [-0.2, -0.15) is 5.26 Å². The van der Waals surface area contributed by atoms with Crippen molar-refractivity contribution in [2.45, 2.75) is 26.2 Å². The Morgan fingerprint density at radius 3 is 2.50 bits per heavy atom. The molecule has 0 atom stereocenters. The predicted octanol–water partition coefficient (Wildman–Crippen LogP) is 5.35. The fourth-order valence-electron chi connectivity index (χ4n) is 1.89. The maximum absolute atomic E-state index is 8.79. The van der Waals surface area contributed by atoms with Crippen molar-refractivity contribution in [2.24, 2.45) is 0 Å². The summed E-state index contributed by atoms with van der Waals surface area (Å²) in [6.07, 6.45) is 3.48. The van der Waals surface area contributed by atoms with Gasteiger partial charge in [-0.3, -0.25) is 0 Å². The highest BCUT2D eigenvalue weighted by Crippen LogP contribution is 2.30. The molecule has 3 heteroatoms. The van der Waals surface area contributed by atoms with E-state index in [1.54, 1.807) is 18.2 Å². The molecule has 0 N–H and O–H groups in total. The number of unbranched alkanes of at least 4 members (excludes halogenated alkanes) is 1. The molecule has 0 saturated heterocycles. The molecule has 0 aliphatic rings. The lowest BCUT2D eigenvalue weighted by molar-refractivity contribution is 0.482. The Labute approximate surface area is 124 Å². The standard InChI is InChI=1S/C17H16ClNO/c1-2-3-4-13-5-8-15(9-6-13)20-17-10-7-14(12-19)11-16(17)18/h5-11H,2-4H2,1H3. The molecule has 2 aromatic carbocycles. The largest absolute Gasteiger partial charge is 0.456 e. The lowest BCUT2D eigenvalue weighted by atomic mass is 10.1. The summed E-state index contributed by atoms with van der Waals surface area (Å²) >= 11 is 6.08. The Morgan fingerprint density at radius 2 is 1.90 bits per heavy atom. The average Bonchev–Trinajstić information content (AvgIpc) is 2.48. The van der Waals surface area contributed by atoms with Crippen LogP contribution in [-0.4, -0.2) is 0 Å². The first-order valence-electron chi connectivity index (χ1n) is 6.69. The lowest BCUT2D eigenvalue weighted by Gasteiger charge is -2.08. The first-order chi connectivity index (χ1) is 9.72. The van der Waals surface area contributed by atoms with Crippen molar-refractivity contribution >= 4 is 11.6 Å². The van der Waals surface area contributed by atoms with Crippen molar-refractivity contribution in [3.63, 3.8) is 0 Å². The van der Waals surface area contributed by atoms with Gasteiger partial charge in [0.05, 0.1) is 16.7 Å². The highest BCUT2D eigenvalue weighted by Gasteiger charge is 2.04. The second-order valence-corrected chi connectivity index (χ2v) is 5.01. The molecule has 0 heterocycles. The van der Waals surface area contributed by atoms with E-state index in [0.717, 1.165) is 12.2 Å². The molecule has 2 rings (SSSR count). The van der Waals surface area contributed by atoms with Gasteiger partial charge in [0.2, 0.25) is 0 Å². The number of aryl methyl sites for hydroxylation is 1. The number of benzene rings is 2. The molecule has 0 aliphatic carbocycles. The number of halogens is 1. The Hall–Kier alpha value is -1.98. The zero-order valence-electron chi connectivity index (χ0n) is 11.4. The number of nitrogens with zero attached hydrogens (tertiary/aromatic N) is 1. The van der Waals surface area contributed by atoms with Gasteiger partial charge in [0, 0.05) is 0 Å². The minimum Gasteiger partial charge on any atom is -0.456 e. The third-order valence-electron chi connectivity index (χ3n) is 3.03. The van der Waals surface area contributed by atoms with Crippen molar-refractivity contribution in [1.82, 2.24) is 0 Å². The van der Waals surface area contributed by atoms with Crippen LogP contribution in [0.2, 0.25) is 5.02 Å². The Balaban J connectivity index is 2.08. The van der Waals surface area contributed by atoms with Gasteiger partial charge >= 0.3 is 0 Å². The molecule has 0 saturated carbocycles. The monoisotopic (exact) mass is 285 g/mol. The molecule has 102 valence electrons. The maximum Gasteiger partial charge on any atom is 0.146 e. The molecule has 0 aromatic heterocycles. The summed E-state index contributed by atoms with van der Waals surface area (Å²) in [5.74, 6) is 1.31. The van der Waals surface area contributed by atoms with Crippen molar-refractivity contribution in [1.29, 1.82) is 5.26 Å². The van der Waals surface area contributed by atoms with Crippen LogP contribution in [0.1, 0.15) is 30.9 Å². The number of ether oxygens (including phenoxy) is 1. The zero-order valence-corrected chi connectivity index (χ0v) is 12.2. The van der Waals surface area contributed by atoms with Crippen LogP contribution >= 0.6 is 11.6 Å². The summed E-state index contributed by atoms with van der Waals surface area (Å²) in [4.78, 5) is 0. The third-order valence-corrected chi connectivity index (χ3v) is 3.33. The molecule has 2 aromatic rings. The first-order valence-corrected chi connectivity index (χ1v) is 7.07. The number of hydrogen-bond acceptors (Lipinski definition) is 2. The zero-order chi connectivity index (χ0) is 14.4. The van der Waals surface area contributed by atoms with Gasteiger partial charge in [-0.05, 0) is 48.7 Å². The molecular formula is C17H16ClNO. The first kappa shape index (κ1) is 14.4. The summed E-state index contributed by atoms with van der Waals surface area (Å²) in [7, 11) is 0. The smallest absolute Gasteiger partial charge is 0.146 e. The second-order valence-electron chi connectivity index (χ2n) is 4.61. The van der Waals surface area contributed by atoms with Crippen LogP contribution in [0.3, 0.4) is 0 Å². The van der Waals surface area contributed by atoms with Crippen LogP contribution in [0.25, 0.3) is 0 Å². The molecule has 2 nitrogen and oxygen atoms in total. The highest BCUT2D eigenvalue weighted by atomic mass is 35.5. The van der Waals surface area contributed by atoms with Crippen LogP contribution < -0.4 is 4.74 Å². The molecule has 0 aliphatic heterocycles. The van der Waals surface area contributed by atoms with Crippen LogP contribution in [0, 0.1) is 11.3 Å². The van der Waals surface area contributed by atoms with Crippen LogP contribution in [0.4, 0.5) is 0 Å². The topological polar surface area (TPSA) is 33.0 Å². The summed E-state index contributed by atoms with van der Waals surface area (Å²) in [5.41, 5.74) is 1.84. The SMILES string of the molecule is CCCCc1ccc(Oc2ccc(C#N)cc2Cl)cc1. The van der Waals surface area contributed by atoms with E-state index in [2.05, 4.69) is 19.1 Å². The maximum atomic E-state index is 8.79. The molecule has 0 amide bonds. The fourth-order valence-corrected chi connectivity index (χ4v) is 2.10. The minimum atomic E-state index is 0.444. The number of rotatable bonds is 5. The summed E-state index contributed by atoms with van der Waals surface area (Å²) in [6.45, 7) is 2.18. The van der Waals surface area contributed by atoms with Gasteiger partial charge in [-0.15, -0.1) is 0 Å². The van der Waals surface area contributed by atoms with E-state index >= 15 is 0 Å². The molecule has 0 fully saturated rings. The summed E-state index contributed by atoms with van der Waals surface area (Å²) in [6, 6.07) is 15.1. The fraction of sp³-hybridized carbons (Fsp3) is 0.235. The van der Waals surface area contributed by atoms with Gasteiger partial charge in [0.15, 0.2) is 0 Å². The van der Waals surface area contributed by atoms with E-state index in [0.29, 0.717) is 16.3 Å². The number of hydrogen-bond donors (Lipinski definition) is 0. The van der Waals surface area contributed by atoms with Gasteiger partial charge in [-0.1, -0.05) is 37.1 Å². The Morgan fingerprint density at radius 1 is 1.15 bits per heavy atom. The third kappa shape index (κ3) is 3.76. The highest BCUT2D eigenvalue weighted by molar-refractivity contribution is 6.32. The summed E-state index contributed by atoms with van der Waals surface area (Å²) < 4.78 is 5.73. The molecule has 0 bridgehead atoms. The van der Waals surface area contributed by atoms with E-state index in [-0.39, 0.29) is 0 Å². The van der Waals surface area contributed by atoms with Crippen molar-refractivity contribution in [3.8, 4) is 17.6 Å². The molecule has 0 spiro atoms. The van der Waals surface area contributed by atoms with Crippen LogP contribution in [0.5, 0.6) is 11.5 Å². The van der Waals surface area contributed by atoms with Gasteiger partial charge in [0.25, 0.3) is 0 Å². The lowest BCUT2D eigenvalue weighted by Crippen LogP contribution is -1.88. The number of nitriles is 1. The predicted molar refractivity (Wildman–Crippen MR) is 81.3 cm³/mol. The Bertz CT molecular complexity index is 614. The normalized spacial score (nSPS) is 10.1. The van der Waals surface area contributed by atoms with Crippen LogP contribution in [0.15, 0.2) is 42.5 Å². The second kappa shape index (κ2) is 6.98. The van der Waals surface area contributed by atoms with Crippen molar-refractivity contribution in [2.75, 3.05) is 0 Å². The minimum absolute atomic E-state index is 0.444. The van der Waals surface area contributed by atoms with Gasteiger partial charge < -0.3 is 4.74 Å². The van der Waals surface area contributed by atoms with E-state index in [1.165, 1.54) is 18.4 Å². The summed E-state index contributed by atoms with van der Waals surface area (Å²) in [5, 5.41) is 9.24.